The number of rotatable bonds is 3. The standard InChI is InChI=1S/C16H22BrN/c1-2-13-12-14(17)10-11-16(13)18-15-8-6-4-3-5-7-9-15/h6,8,10-12,15,18H,2-5,7,9H2,1H3/b8-6+. The van der Waals surface area contributed by atoms with Crippen molar-refractivity contribution >= 4 is 21.6 Å². The topological polar surface area (TPSA) is 12.0 Å². The van der Waals surface area contributed by atoms with Crippen LogP contribution >= 0.6 is 15.9 Å². The minimum Gasteiger partial charge on any atom is -0.379 e. The van der Waals surface area contributed by atoms with Crippen LogP contribution in [-0.4, -0.2) is 6.04 Å². The van der Waals surface area contributed by atoms with E-state index in [0.717, 1.165) is 10.9 Å². The van der Waals surface area contributed by atoms with Crippen molar-refractivity contribution in [3.63, 3.8) is 0 Å². The number of benzene rings is 1. The zero-order valence-corrected chi connectivity index (χ0v) is 12.7. The van der Waals surface area contributed by atoms with Gasteiger partial charge in [0.05, 0.1) is 0 Å². The number of allylic oxidation sites excluding steroid dienone is 1. The van der Waals surface area contributed by atoms with Crippen LogP contribution in [0.3, 0.4) is 0 Å². The summed E-state index contributed by atoms with van der Waals surface area (Å²) in [6, 6.07) is 7.02. The molecule has 1 unspecified atom stereocenters. The summed E-state index contributed by atoms with van der Waals surface area (Å²) in [6.45, 7) is 2.21. The van der Waals surface area contributed by atoms with E-state index in [9.17, 15) is 0 Å². The normalized spacial score (nSPS) is 22.0. The summed E-state index contributed by atoms with van der Waals surface area (Å²) in [7, 11) is 0. The summed E-state index contributed by atoms with van der Waals surface area (Å²) in [4.78, 5) is 0. The van der Waals surface area contributed by atoms with Crippen LogP contribution in [0.5, 0.6) is 0 Å². The van der Waals surface area contributed by atoms with Gasteiger partial charge in [-0.2, -0.15) is 0 Å². The van der Waals surface area contributed by atoms with Gasteiger partial charge in [0.25, 0.3) is 0 Å². The molecule has 0 fully saturated rings. The lowest BCUT2D eigenvalue weighted by molar-refractivity contribution is 0.609. The molecular weight excluding hydrogens is 286 g/mol. The molecule has 1 N–H and O–H groups in total. The maximum Gasteiger partial charge on any atom is 0.0444 e. The van der Waals surface area contributed by atoms with Crippen LogP contribution in [0.15, 0.2) is 34.8 Å². The molecule has 1 aliphatic rings. The molecule has 0 saturated heterocycles. The molecule has 0 amide bonds. The van der Waals surface area contributed by atoms with E-state index in [1.54, 1.807) is 0 Å². The zero-order chi connectivity index (χ0) is 12.8. The van der Waals surface area contributed by atoms with Crippen molar-refractivity contribution in [3.8, 4) is 0 Å². The van der Waals surface area contributed by atoms with Gasteiger partial charge in [-0.1, -0.05) is 47.8 Å². The summed E-state index contributed by atoms with van der Waals surface area (Å²) in [5.74, 6) is 0. The van der Waals surface area contributed by atoms with Crippen LogP contribution in [0.2, 0.25) is 0 Å². The Labute approximate surface area is 119 Å². The third-order valence-electron chi connectivity index (χ3n) is 3.54. The third-order valence-corrected chi connectivity index (χ3v) is 4.04. The fraction of sp³-hybridized carbons (Fsp3) is 0.500. The summed E-state index contributed by atoms with van der Waals surface area (Å²) < 4.78 is 1.16. The quantitative estimate of drug-likeness (QED) is 0.746. The molecule has 1 aromatic rings. The van der Waals surface area contributed by atoms with Crippen molar-refractivity contribution < 1.29 is 0 Å². The molecule has 0 spiro atoms. The van der Waals surface area contributed by atoms with Gasteiger partial charge in [0.2, 0.25) is 0 Å². The molecular formula is C16H22BrN. The second-order valence-electron chi connectivity index (χ2n) is 4.97. The van der Waals surface area contributed by atoms with Gasteiger partial charge < -0.3 is 5.32 Å². The molecule has 0 bridgehead atoms. The fourth-order valence-corrected chi connectivity index (χ4v) is 2.88. The first-order valence-electron chi connectivity index (χ1n) is 7.01. The van der Waals surface area contributed by atoms with Crippen LogP contribution in [-0.2, 0) is 6.42 Å². The van der Waals surface area contributed by atoms with Crippen molar-refractivity contribution in [2.45, 2.75) is 51.5 Å². The monoisotopic (exact) mass is 307 g/mol. The highest BCUT2D eigenvalue weighted by molar-refractivity contribution is 9.10. The molecule has 18 heavy (non-hydrogen) atoms. The number of halogens is 1. The third kappa shape index (κ3) is 3.88. The van der Waals surface area contributed by atoms with Gasteiger partial charge >= 0.3 is 0 Å². The Morgan fingerprint density at radius 1 is 1.28 bits per heavy atom. The van der Waals surface area contributed by atoms with Crippen LogP contribution < -0.4 is 5.32 Å². The van der Waals surface area contributed by atoms with Crippen molar-refractivity contribution in [2.75, 3.05) is 5.32 Å². The van der Waals surface area contributed by atoms with Gasteiger partial charge in [0.1, 0.15) is 0 Å². The van der Waals surface area contributed by atoms with Crippen LogP contribution in [0, 0.1) is 0 Å². The Kier molecular flexibility index (Phi) is 5.30. The maximum absolute atomic E-state index is 3.69. The van der Waals surface area contributed by atoms with Crippen molar-refractivity contribution in [1.82, 2.24) is 0 Å². The number of hydrogen-bond donors (Lipinski definition) is 1. The largest absolute Gasteiger partial charge is 0.379 e. The van der Waals surface area contributed by atoms with E-state index in [1.165, 1.54) is 43.4 Å². The molecule has 1 aliphatic carbocycles. The number of nitrogens with one attached hydrogen (secondary N) is 1. The van der Waals surface area contributed by atoms with Gasteiger partial charge in [-0.15, -0.1) is 0 Å². The highest BCUT2D eigenvalue weighted by Gasteiger charge is 2.09. The van der Waals surface area contributed by atoms with Gasteiger partial charge in [-0.25, -0.2) is 0 Å². The minimum atomic E-state index is 0.497. The lowest BCUT2D eigenvalue weighted by Gasteiger charge is -2.20. The Morgan fingerprint density at radius 2 is 2.17 bits per heavy atom. The predicted molar refractivity (Wildman–Crippen MR) is 83.2 cm³/mol. The molecule has 0 aliphatic heterocycles. The summed E-state index contributed by atoms with van der Waals surface area (Å²) >= 11 is 3.54. The first-order chi connectivity index (χ1) is 8.79. The summed E-state index contributed by atoms with van der Waals surface area (Å²) in [5.41, 5.74) is 2.68. The molecule has 0 aromatic heterocycles. The lowest BCUT2D eigenvalue weighted by Crippen LogP contribution is -2.18. The fourth-order valence-electron chi connectivity index (χ4n) is 2.48. The van der Waals surface area contributed by atoms with Crippen molar-refractivity contribution in [2.24, 2.45) is 0 Å². The van der Waals surface area contributed by atoms with Gasteiger partial charge in [0, 0.05) is 16.2 Å². The van der Waals surface area contributed by atoms with E-state index in [1.807, 2.05) is 0 Å². The average molecular weight is 308 g/mol. The average Bonchev–Trinajstić information content (AvgIpc) is 2.34. The summed E-state index contributed by atoms with van der Waals surface area (Å²) in [6.07, 6.45) is 12.3. The molecule has 0 heterocycles. The van der Waals surface area contributed by atoms with Crippen LogP contribution in [0.25, 0.3) is 0 Å². The van der Waals surface area contributed by atoms with E-state index < -0.39 is 0 Å². The molecule has 1 atom stereocenters. The van der Waals surface area contributed by atoms with E-state index in [2.05, 4.69) is 58.5 Å². The number of anilines is 1. The number of aryl methyl sites for hydroxylation is 1. The molecule has 98 valence electrons. The Bertz CT molecular complexity index is 412. The molecule has 0 saturated carbocycles. The van der Waals surface area contributed by atoms with E-state index in [-0.39, 0.29) is 0 Å². The molecule has 1 aromatic carbocycles. The zero-order valence-electron chi connectivity index (χ0n) is 11.1. The minimum absolute atomic E-state index is 0.497. The first-order valence-corrected chi connectivity index (χ1v) is 7.80. The highest BCUT2D eigenvalue weighted by atomic mass is 79.9. The Hall–Kier alpha value is -0.760. The predicted octanol–water partition coefficient (Wildman–Crippen LogP) is 5.31. The molecule has 2 heteroatoms. The molecule has 0 radical (unpaired) electrons. The Balaban J connectivity index is 2.09. The second-order valence-corrected chi connectivity index (χ2v) is 5.89. The van der Waals surface area contributed by atoms with Crippen molar-refractivity contribution in [1.29, 1.82) is 0 Å². The highest BCUT2D eigenvalue weighted by Crippen LogP contribution is 2.24. The SMILES string of the molecule is CCc1cc(Br)ccc1NC1/C=C/CCCCC1. The summed E-state index contributed by atoms with van der Waals surface area (Å²) in [5, 5.41) is 3.69. The molecule has 2 rings (SSSR count). The van der Waals surface area contributed by atoms with E-state index in [0.29, 0.717) is 6.04 Å². The van der Waals surface area contributed by atoms with Crippen molar-refractivity contribution in [3.05, 3.63) is 40.4 Å². The van der Waals surface area contributed by atoms with Gasteiger partial charge in [-0.3, -0.25) is 0 Å². The van der Waals surface area contributed by atoms with Gasteiger partial charge in [-0.05, 0) is 49.4 Å². The van der Waals surface area contributed by atoms with Crippen LogP contribution in [0.1, 0.15) is 44.6 Å². The maximum atomic E-state index is 3.69. The lowest BCUT2D eigenvalue weighted by atomic mass is 10.0. The van der Waals surface area contributed by atoms with Crippen LogP contribution in [0.4, 0.5) is 5.69 Å². The first kappa shape index (κ1) is 13.7. The van der Waals surface area contributed by atoms with E-state index >= 15 is 0 Å². The van der Waals surface area contributed by atoms with Gasteiger partial charge in [0.15, 0.2) is 0 Å². The smallest absolute Gasteiger partial charge is 0.0444 e. The number of hydrogen-bond acceptors (Lipinski definition) is 1. The molecule has 1 nitrogen and oxygen atoms in total. The second kappa shape index (κ2) is 6.98. The Morgan fingerprint density at radius 3 is 3.00 bits per heavy atom. The van der Waals surface area contributed by atoms with E-state index in [4.69, 9.17) is 0 Å².